The van der Waals surface area contributed by atoms with Crippen molar-refractivity contribution in [3.63, 3.8) is 0 Å². The van der Waals surface area contributed by atoms with E-state index in [1.807, 2.05) is 18.2 Å². The number of carbonyl (C=O) groups excluding carboxylic acids is 3. The van der Waals surface area contributed by atoms with E-state index in [0.717, 1.165) is 17.8 Å². The molecule has 6 heteroatoms. The van der Waals surface area contributed by atoms with Crippen molar-refractivity contribution >= 4 is 17.7 Å². The van der Waals surface area contributed by atoms with Crippen LogP contribution in [-0.4, -0.2) is 47.2 Å². The van der Waals surface area contributed by atoms with Gasteiger partial charge in [0.05, 0.1) is 6.54 Å². The van der Waals surface area contributed by atoms with Gasteiger partial charge in [0.15, 0.2) is 5.78 Å². The molecule has 1 aromatic rings. The lowest BCUT2D eigenvalue weighted by molar-refractivity contribution is -0.137. The Bertz CT molecular complexity index is 596. The van der Waals surface area contributed by atoms with E-state index in [4.69, 9.17) is 4.74 Å². The van der Waals surface area contributed by atoms with Crippen LogP contribution in [0.5, 0.6) is 0 Å². The zero-order valence-corrected chi connectivity index (χ0v) is 13.8. The Balaban J connectivity index is 2.67. The van der Waals surface area contributed by atoms with Crippen LogP contribution in [0.25, 0.3) is 0 Å². The molecule has 0 radical (unpaired) electrons. The Morgan fingerprint density at radius 2 is 2.08 bits per heavy atom. The normalized spacial score (nSPS) is 10.4. The third-order valence-electron chi connectivity index (χ3n) is 3.14. The van der Waals surface area contributed by atoms with Crippen LogP contribution in [0.3, 0.4) is 0 Å². The summed E-state index contributed by atoms with van der Waals surface area (Å²) in [5.41, 5.74) is 0.827. The number of aromatic nitrogens is 1. The molecule has 0 aliphatic carbocycles. The second-order valence-corrected chi connectivity index (χ2v) is 4.98. The Kier molecular flexibility index (Phi) is 8.74. The zero-order chi connectivity index (χ0) is 17.8. The first-order valence-electron chi connectivity index (χ1n) is 7.73. The topological polar surface area (TPSA) is 76.6 Å². The molecule has 0 fully saturated rings. The molecular formula is C18H22N2O4. The minimum atomic E-state index is -0.630. The molecular weight excluding hydrogens is 308 g/mol. The van der Waals surface area contributed by atoms with Gasteiger partial charge in [0.1, 0.15) is 6.61 Å². The van der Waals surface area contributed by atoms with E-state index in [1.165, 1.54) is 11.0 Å². The molecule has 128 valence electrons. The Morgan fingerprint density at radius 1 is 1.29 bits per heavy atom. The average Bonchev–Trinajstić information content (AvgIpc) is 2.61. The number of carbonyl (C=O) groups is 3. The van der Waals surface area contributed by atoms with Crippen LogP contribution in [0.2, 0.25) is 0 Å². The quantitative estimate of drug-likeness (QED) is 0.371. The fourth-order valence-electron chi connectivity index (χ4n) is 1.82. The van der Waals surface area contributed by atoms with Crippen molar-refractivity contribution in [3.8, 4) is 0 Å². The maximum absolute atomic E-state index is 12.2. The molecule has 0 aromatic carbocycles. The highest BCUT2D eigenvalue weighted by molar-refractivity contribution is 5.96. The number of ketones is 1. The minimum Gasteiger partial charge on any atom is -0.458 e. The maximum Gasteiger partial charge on any atom is 0.331 e. The monoisotopic (exact) mass is 330 g/mol. The predicted molar refractivity (Wildman–Crippen MR) is 90.1 cm³/mol. The third-order valence-corrected chi connectivity index (χ3v) is 3.14. The lowest BCUT2D eigenvalue weighted by Gasteiger charge is -2.20. The average molecular weight is 330 g/mol. The minimum absolute atomic E-state index is 0.00815. The van der Waals surface area contributed by atoms with Gasteiger partial charge < -0.3 is 9.64 Å². The third kappa shape index (κ3) is 7.49. The first-order valence-corrected chi connectivity index (χ1v) is 7.73. The molecule has 0 saturated carbocycles. The van der Waals surface area contributed by atoms with Crippen LogP contribution in [0.1, 0.15) is 19.0 Å². The number of ether oxygens (including phenoxy) is 1. The predicted octanol–water partition coefficient (Wildman–Crippen LogP) is 1.72. The van der Waals surface area contributed by atoms with Gasteiger partial charge in [0.2, 0.25) is 5.91 Å². The summed E-state index contributed by atoms with van der Waals surface area (Å²) in [7, 11) is 0. The van der Waals surface area contributed by atoms with Gasteiger partial charge in [0.25, 0.3) is 0 Å². The fraction of sp³-hybridized carbons (Fsp3) is 0.333. The van der Waals surface area contributed by atoms with E-state index >= 15 is 0 Å². The summed E-state index contributed by atoms with van der Waals surface area (Å²) in [6, 6.07) is 5.53. The van der Waals surface area contributed by atoms with Crippen molar-refractivity contribution in [2.45, 2.75) is 19.8 Å². The molecule has 0 saturated heterocycles. The summed E-state index contributed by atoms with van der Waals surface area (Å²) in [6.07, 6.45) is 6.15. The second-order valence-electron chi connectivity index (χ2n) is 4.98. The highest BCUT2D eigenvalue weighted by Gasteiger charge is 2.15. The van der Waals surface area contributed by atoms with Gasteiger partial charge in [-0.2, -0.15) is 0 Å². The van der Waals surface area contributed by atoms with Crippen LogP contribution in [0.4, 0.5) is 0 Å². The molecule has 1 amide bonds. The highest BCUT2D eigenvalue weighted by atomic mass is 16.5. The lowest BCUT2D eigenvalue weighted by Crippen LogP contribution is -2.36. The van der Waals surface area contributed by atoms with Crippen LogP contribution < -0.4 is 0 Å². The molecule has 1 aromatic heterocycles. The van der Waals surface area contributed by atoms with E-state index in [1.54, 1.807) is 13.1 Å². The SMILES string of the molecule is C=CCOC(=O)/C=C\C(=O)N(CCc1ccccn1)CC(=O)CC. The van der Waals surface area contributed by atoms with Crippen molar-refractivity contribution in [1.29, 1.82) is 0 Å². The van der Waals surface area contributed by atoms with Gasteiger partial charge in [-0.3, -0.25) is 14.6 Å². The van der Waals surface area contributed by atoms with Gasteiger partial charge in [-0.15, -0.1) is 0 Å². The number of amides is 1. The number of hydrogen-bond donors (Lipinski definition) is 0. The molecule has 1 rings (SSSR count). The summed E-state index contributed by atoms with van der Waals surface area (Å²) >= 11 is 0. The van der Waals surface area contributed by atoms with Gasteiger partial charge >= 0.3 is 5.97 Å². The van der Waals surface area contributed by atoms with E-state index in [-0.39, 0.29) is 18.9 Å². The van der Waals surface area contributed by atoms with E-state index in [2.05, 4.69) is 11.6 Å². The molecule has 0 aliphatic rings. The molecule has 0 unspecified atom stereocenters. The first-order chi connectivity index (χ1) is 11.6. The van der Waals surface area contributed by atoms with Gasteiger partial charge in [-0.1, -0.05) is 25.6 Å². The fourth-order valence-corrected chi connectivity index (χ4v) is 1.82. The van der Waals surface area contributed by atoms with Gasteiger partial charge in [-0.25, -0.2) is 4.79 Å². The van der Waals surface area contributed by atoms with Crippen LogP contribution in [-0.2, 0) is 25.5 Å². The number of esters is 1. The molecule has 24 heavy (non-hydrogen) atoms. The molecule has 0 bridgehead atoms. The summed E-state index contributed by atoms with van der Waals surface area (Å²) in [6.45, 7) is 5.60. The van der Waals surface area contributed by atoms with Crippen LogP contribution in [0, 0.1) is 0 Å². The van der Waals surface area contributed by atoms with Crippen LogP contribution in [0.15, 0.2) is 49.2 Å². The van der Waals surface area contributed by atoms with Crippen molar-refractivity contribution in [2.24, 2.45) is 0 Å². The largest absolute Gasteiger partial charge is 0.458 e. The Hall–Kier alpha value is -2.76. The number of rotatable bonds is 10. The standard InChI is InChI=1S/C18H22N2O4/c1-3-13-24-18(23)9-8-17(22)20(14-16(21)4-2)12-10-15-7-5-6-11-19-15/h3,5-9,11H,1,4,10,12-14H2,2H3/b9-8-. The summed E-state index contributed by atoms with van der Waals surface area (Å²) in [5, 5.41) is 0. The van der Waals surface area contributed by atoms with E-state index in [9.17, 15) is 14.4 Å². The summed E-state index contributed by atoms with van der Waals surface area (Å²) < 4.78 is 4.76. The highest BCUT2D eigenvalue weighted by Crippen LogP contribution is 2.01. The number of nitrogens with zero attached hydrogens (tertiary/aromatic N) is 2. The molecule has 1 heterocycles. The number of pyridine rings is 1. The second kappa shape index (κ2) is 10.9. The van der Waals surface area contributed by atoms with Gasteiger partial charge in [-0.05, 0) is 12.1 Å². The Labute approximate surface area is 141 Å². The maximum atomic E-state index is 12.2. The van der Waals surface area contributed by atoms with Gasteiger partial charge in [0, 0.05) is 43.4 Å². The van der Waals surface area contributed by atoms with E-state index in [0.29, 0.717) is 19.4 Å². The lowest BCUT2D eigenvalue weighted by atomic mass is 10.2. The smallest absolute Gasteiger partial charge is 0.331 e. The van der Waals surface area contributed by atoms with Crippen molar-refractivity contribution in [3.05, 3.63) is 54.9 Å². The van der Waals surface area contributed by atoms with E-state index < -0.39 is 11.9 Å². The summed E-state index contributed by atoms with van der Waals surface area (Å²) in [5.74, 6) is -1.09. The van der Waals surface area contributed by atoms with Crippen molar-refractivity contribution in [2.75, 3.05) is 19.7 Å². The zero-order valence-electron chi connectivity index (χ0n) is 13.8. The molecule has 0 N–H and O–H groups in total. The molecule has 0 atom stereocenters. The van der Waals surface area contributed by atoms with Crippen LogP contribution >= 0.6 is 0 Å². The summed E-state index contributed by atoms with van der Waals surface area (Å²) in [4.78, 5) is 40.9. The first kappa shape index (κ1) is 19.3. The molecule has 0 spiro atoms. The Morgan fingerprint density at radius 3 is 2.71 bits per heavy atom. The van der Waals surface area contributed by atoms with Crippen molar-refractivity contribution < 1.29 is 19.1 Å². The number of Topliss-reactive ketones (excluding diaryl/α,β-unsaturated/α-hetero) is 1. The van der Waals surface area contributed by atoms with Crippen molar-refractivity contribution in [1.82, 2.24) is 9.88 Å². The molecule has 6 nitrogen and oxygen atoms in total. The number of hydrogen-bond acceptors (Lipinski definition) is 5. The molecule has 0 aliphatic heterocycles.